The van der Waals surface area contributed by atoms with Crippen molar-refractivity contribution < 1.29 is 13.2 Å². The van der Waals surface area contributed by atoms with Gasteiger partial charge in [-0.15, -0.1) is 0 Å². The van der Waals surface area contributed by atoms with E-state index in [4.69, 9.17) is 0 Å². The lowest BCUT2D eigenvalue weighted by atomic mass is 10.1. The van der Waals surface area contributed by atoms with Crippen LogP contribution in [0, 0.1) is 0 Å². The average molecular weight is 325 g/mol. The van der Waals surface area contributed by atoms with E-state index in [0.29, 0.717) is 6.54 Å². The first-order valence-corrected chi connectivity index (χ1v) is 7.46. The fourth-order valence-corrected chi connectivity index (χ4v) is 2.90. The molecule has 0 radical (unpaired) electrons. The first-order valence-electron chi connectivity index (χ1n) is 7.46. The quantitative estimate of drug-likeness (QED) is 0.867. The molecule has 1 saturated heterocycles. The van der Waals surface area contributed by atoms with Gasteiger partial charge in [0.25, 0.3) is 0 Å². The van der Waals surface area contributed by atoms with Gasteiger partial charge >= 0.3 is 6.18 Å². The van der Waals surface area contributed by atoms with Crippen LogP contribution in [0.1, 0.15) is 30.1 Å². The molecule has 2 aromatic rings. The van der Waals surface area contributed by atoms with Gasteiger partial charge in [0.1, 0.15) is 0 Å². The summed E-state index contributed by atoms with van der Waals surface area (Å²) in [5.41, 5.74) is 0.226. The Hall–Kier alpha value is -2.09. The molecule has 8 heteroatoms. The maximum Gasteiger partial charge on any atom is 0.435 e. The van der Waals surface area contributed by atoms with Gasteiger partial charge in [0, 0.05) is 37.2 Å². The standard InChI is InChI=1S/C15H18F3N5/c1-2-22-10-12(8-19-22)9-21-6-3-4-13(11-21)23-7-5-14(20-23)15(16,17)18/h2,5,7-8,10,13H,1,3-4,6,9,11H2/t13-/m1/s1. The van der Waals surface area contributed by atoms with Crippen LogP contribution < -0.4 is 0 Å². The zero-order chi connectivity index (χ0) is 16.4. The van der Waals surface area contributed by atoms with E-state index < -0.39 is 11.9 Å². The van der Waals surface area contributed by atoms with Crippen molar-refractivity contribution in [1.82, 2.24) is 24.5 Å². The largest absolute Gasteiger partial charge is 0.435 e. The lowest BCUT2D eigenvalue weighted by Crippen LogP contribution is -2.36. The zero-order valence-corrected chi connectivity index (χ0v) is 12.6. The summed E-state index contributed by atoms with van der Waals surface area (Å²) >= 11 is 0. The molecular formula is C15H18F3N5. The van der Waals surface area contributed by atoms with E-state index >= 15 is 0 Å². The van der Waals surface area contributed by atoms with Crippen molar-refractivity contribution in [2.24, 2.45) is 0 Å². The maximum atomic E-state index is 12.7. The number of aromatic nitrogens is 4. The van der Waals surface area contributed by atoms with Crippen molar-refractivity contribution in [2.45, 2.75) is 31.6 Å². The SMILES string of the molecule is C=Cn1cc(CN2CCC[C@@H](n3ccc(C(F)(F)F)n3)C2)cn1. The van der Waals surface area contributed by atoms with E-state index in [-0.39, 0.29) is 6.04 Å². The van der Waals surface area contributed by atoms with Gasteiger partial charge < -0.3 is 0 Å². The highest BCUT2D eigenvalue weighted by molar-refractivity contribution is 5.17. The van der Waals surface area contributed by atoms with Gasteiger partial charge in [-0.25, -0.2) is 4.68 Å². The Morgan fingerprint density at radius 2 is 2.22 bits per heavy atom. The van der Waals surface area contributed by atoms with Crippen molar-refractivity contribution in [3.05, 3.63) is 42.5 Å². The van der Waals surface area contributed by atoms with Crippen LogP contribution in [0.15, 0.2) is 31.2 Å². The molecule has 1 atom stereocenters. The molecule has 0 spiro atoms. The monoisotopic (exact) mass is 325 g/mol. The van der Waals surface area contributed by atoms with Gasteiger partial charge in [-0.3, -0.25) is 9.58 Å². The second-order valence-electron chi connectivity index (χ2n) is 5.72. The van der Waals surface area contributed by atoms with Crippen LogP contribution >= 0.6 is 0 Å². The predicted octanol–water partition coefficient (Wildman–Crippen LogP) is 3.04. The van der Waals surface area contributed by atoms with Gasteiger partial charge in [0.05, 0.1) is 12.2 Å². The Morgan fingerprint density at radius 1 is 1.39 bits per heavy atom. The molecule has 23 heavy (non-hydrogen) atoms. The molecule has 0 amide bonds. The van der Waals surface area contributed by atoms with Crippen molar-refractivity contribution in [2.75, 3.05) is 13.1 Å². The molecule has 1 aliphatic heterocycles. The third kappa shape index (κ3) is 3.64. The van der Waals surface area contributed by atoms with Crippen LogP contribution in [0.4, 0.5) is 13.2 Å². The van der Waals surface area contributed by atoms with Crippen molar-refractivity contribution in [3.8, 4) is 0 Å². The number of alkyl halides is 3. The molecule has 3 rings (SSSR count). The summed E-state index contributed by atoms with van der Waals surface area (Å²) in [7, 11) is 0. The van der Waals surface area contributed by atoms with Crippen LogP contribution in [0.3, 0.4) is 0 Å². The highest BCUT2D eigenvalue weighted by Crippen LogP contribution is 2.29. The van der Waals surface area contributed by atoms with E-state index in [0.717, 1.165) is 37.6 Å². The summed E-state index contributed by atoms with van der Waals surface area (Å²) < 4.78 is 41.1. The van der Waals surface area contributed by atoms with Gasteiger partial charge in [-0.05, 0) is 25.5 Å². The molecule has 0 N–H and O–H groups in total. The zero-order valence-electron chi connectivity index (χ0n) is 12.6. The molecule has 0 unspecified atom stereocenters. The molecular weight excluding hydrogens is 307 g/mol. The minimum Gasteiger partial charge on any atom is -0.297 e. The summed E-state index contributed by atoms with van der Waals surface area (Å²) in [4.78, 5) is 2.22. The van der Waals surface area contributed by atoms with E-state index in [1.807, 2.05) is 6.20 Å². The number of hydrogen-bond donors (Lipinski definition) is 0. The van der Waals surface area contributed by atoms with Gasteiger partial charge in [0.15, 0.2) is 5.69 Å². The van der Waals surface area contributed by atoms with E-state index in [1.54, 1.807) is 17.1 Å². The first-order chi connectivity index (χ1) is 11.0. The first kappa shape index (κ1) is 15.8. The number of piperidine rings is 1. The van der Waals surface area contributed by atoms with Crippen LogP contribution in [0.25, 0.3) is 6.20 Å². The molecule has 0 aromatic carbocycles. The van der Waals surface area contributed by atoms with Gasteiger partial charge in [-0.2, -0.15) is 23.4 Å². The molecule has 0 aliphatic carbocycles. The summed E-state index contributed by atoms with van der Waals surface area (Å²) in [5.74, 6) is 0. The Labute approximate surface area is 132 Å². The molecule has 3 heterocycles. The van der Waals surface area contributed by atoms with Crippen LogP contribution in [-0.2, 0) is 12.7 Å². The predicted molar refractivity (Wildman–Crippen MR) is 79.4 cm³/mol. The number of hydrogen-bond acceptors (Lipinski definition) is 3. The molecule has 0 saturated carbocycles. The molecule has 0 bridgehead atoms. The minimum atomic E-state index is -4.39. The van der Waals surface area contributed by atoms with E-state index in [1.165, 1.54) is 10.9 Å². The summed E-state index contributed by atoms with van der Waals surface area (Å²) in [5, 5.41) is 7.84. The minimum absolute atomic E-state index is 0.0331. The van der Waals surface area contributed by atoms with Gasteiger partial charge in [-0.1, -0.05) is 6.58 Å². The average Bonchev–Trinajstić information content (AvgIpc) is 3.16. The molecule has 5 nitrogen and oxygen atoms in total. The van der Waals surface area contributed by atoms with Crippen LogP contribution in [-0.4, -0.2) is 37.6 Å². The number of nitrogens with zero attached hydrogens (tertiary/aromatic N) is 5. The van der Waals surface area contributed by atoms with Crippen molar-refractivity contribution in [3.63, 3.8) is 0 Å². The van der Waals surface area contributed by atoms with E-state index in [9.17, 15) is 13.2 Å². The fraction of sp³-hybridized carbons (Fsp3) is 0.467. The summed E-state index contributed by atoms with van der Waals surface area (Å²) in [6.07, 6.45) is 4.09. The normalized spacial score (nSPS) is 19.9. The third-order valence-corrected chi connectivity index (χ3v) is 4.00. The molecule has 2 aromatic heterocycles. The highest BCUT2D eigenvalue weighted by atomic mass is 19.4. The topological polar surface area (TPSA) is 38.9 Å². The Morgan fingerprint density at radius 3 is 2.87 bits per heavy atom. The maximum absolute atomic E-state index is 12.7. The smallest absolute Gasteiger partial charge is 0.297 e. The second-order valence-corrected chi connectivity index (χ2v) is 5.72. The van der Waals surface area contributed by atoms with Crippen LogP contribution in [0.2, 0.25) is 0 Å². The Kier molecular flexibility index (Phi) is 4.25. The van der Waals surface area contributed by atoms with E-state index in [2.05, 4.69) is 21.7 Å². The van der Waals surface area contributed by atoms with Gasteiger partial charge in [0.2, 0.25) is 0 Å². The Balaban J connectivity index is 1.66. The number of rotatable bonds is 4. The second kappa shape index (κ2) is 6.19. The number of likely N-dealkylation sites (tertiary alicyclic amines) is 1. The fourth-order valence-electron chi connectivity index (χ4n) is 2.90. The third-order valence-electron chi connectivity index (χ3n) is 4.00. The van der Waals surface area contributed by atoms with Crippen LogP contribution in [0.5, 0.6) is 0 Å². The highest BCUT2D eigenvalue weighted by Gasteiger charge is 2.34. The Bertz CT molecular complexity index is 673. The van der Waals surface area contributed by atoms with Crippen molar-refractivity contribution in [1.29, 1.82) is 0 Å². The lowest BCUT2D eigenvalue weighted by molar-refractivity contribution is -0.141. The molecule has 1 aliphatic rings. The van der Waals surface area contributed by atoms with Crippen molar-refractivity contribution >= 4 is 6.20 Å². The summed E-state index contributed by atoms with van der Waals surface area (Å²) in [6, 6.07) is 1.00. The summed E-state index contributed by atoms with van der Waals surface area (Å²) in [6.45, 7) is 5.97. The molecule has 124 valence electrons. The lowest BCUT2D eigenvalue weighted by Gasteiger charge is -2.32. The molecule has 1 fully saturated rings. The number of halogens is 3.